The number of hydrogen-bond acceptors (Lipinski definition) is 4. The molecule has 0 saturated heterocycles. The number of carbonyl (C=O) groups is 2. The first-order valence-corrected chi connectivity index (χ1v) is 12.2. The van der Waals surface area contributed by atoms with Gasteiger partial charge in [-0.05, 0) is 55.7 Å². The molecule has 5 rings (SSSR count). The summed E-state index contributed by atoms with van der Waals surface area (Å²) >= 11 is 0. The maximum absolute atomic E-state index is 15.2. The van der Waals surface area contributed by atoms with Crippen molar-refractivity contribution in [3.8, 4) is 0 Å². The third-order valence-electron chi connectivity index (χ3n) is 6.66. The van der Waals surface area contributed by atoms with E-state index in [1.807, 2.05) is 49.4 Å². The van der Waals surface area contributed by atoms with Crippen LogP contribution in [0, 0.1) is 12.7 Å². The molecule has 1 aromatic heterocycles. The zero-order chi connectivity index (χ0) is 25.1. The van der Waals surface area contributed by atoms with Gasteiger partial charge in [0.1, 0.15) is 23.9 Å². The number of halogens is 1. The van der Waals surface area contributed by atoms with Crippen molar-refractivity contribution in [3.05, 3.63) is 89.7 Å². The van der Waals surface area contributed by atoms with Crippen LogP contribution < -0.4 is 10.2 Å². The summed E-state index contributed by atoms with van der Waals surface area (Å²) in [5.74, 6) is -1.34. The normalized spacial score (nSPS) is 14.6. The Bertz CT molecular complexity index is 1400. The van der Waals surface area contributed by atoms with Gasteiger partial charge in [0.2, 0.25) is 11.8 Å². The minimum atomic E-state index is -1.18. The van der Waals surface area contributed by atoms with E-state index in [9.17, 15) is 9.59 Å². The van der Waals surface area contributed by atoms with E-state index in [0.29, 0.717) is 16.7 Å². The van der Waals surface area contributed by atoms with E-state index < -0.39 is 23.7 Å². The molecular formula is C28H28FN5O2. The summed E-state index contributed by atoms with van der Waals surface area (Å²) in [5.41, 5.74) is 2.94. The van der Waals surface area contributed by atoms with Crippen molar-refractivity contribution < 1.29 is 14.0 Å². The third-order valence-corrected chi connectivity index (χ3v) is 6.66. The summed E-state index contributed by atoms with van der Waals surface area (Å²) in [6, 6.07) is 19.6. The SMILES string of the molecule is Cc1cccc(N(C(=O)Cn2nnc3ccccc32)[C@@H](C(=O)NC2CCCC2)c2ccccc2F)c1. The molecule has 184 valence electrons. The molecule has 4 aromatic rings. The molecule has 0 unspecified atom stereocenters. The number of aromatic nitrogens is 3. The van der Waals surface area contributed by atoms with Crippen LogP contribution in [0.4, 0.5) is 10.1 Å². The van der Waals surface area contributed by atoms with Crippen molar-refractivity contribution >= 4 is 28.5 Å². The molecule has 0 spiro atoms. The van der Waals surface area contributed by atoms with Crippen molar-refractivity contribution in [2.24, 2.45) is 0 Å². The van der Waals surface area contributed by atoms with E-state index in [1.165, 1.54) is 15.6 Å². The van der Waals surface area contributed by atoms with E-state index in [2.05, 4.69) is 15.6 Å². The molecule has 7 nitrogen and oxygen atoms in total. The van der Waals surface area contributed by atoms with E-state index in [-0.39, 0.29) is 18.2 Å². The topological polar surface area (TPSA) is 80.1 Å². The number of anilines is 1. The molecule has 1 N–H and O–H groups in total. The van der Waals surface area contributed by atoms with Gasteiger partial charge in [-0.2, -0.15) is 0 Å². The van der Waals surface area contributed by atoms with Gasteiger partial charge in [-0.3, -0.25) is 14.5 Å². The molecule has 1 aliphatic carbocycles. The zero-order valence-corrected chi connectivity index (χ0v) is 20.1. The van der Waals surface area contributed by atoms with Crippen LogP contribution in [-0.2, 0) is 16.1 Å². The first kappa shape index (κ1) is 23.7. The van der Waals surface area contributed by atoms with Gasteiger partial charge in [0.25, 0.3) is 0 Å². The van der Waals surface area contributed by atoms with Crippen LogP contribution in [0.2, 0.25) is 0 Å². The van der Waals surface area contributed by atoms with Crippen molar-refractivity contribution in [1.29, 1.82) is 0 Å². The summed E-state index contributed by atoms with van der Waals surface area (Å²) in [5, 5.41) is 11.4. The lowest BCUT2D eigenvalue weighted by Gasteiger charge is -2.32. The number of benzene rings is 3. The number of hydrogen-bond donors (Lipinski definition) is 1. The molecule has 1 atom stereocenters. The Labute approximate surface area is 208 Å². The second-order valence-electron chi connectivity index (χ2n) is 9.25. The minimum Gasteiger partial charge on any atom is -0.351 e. The van der Waals surface area contributed by atoms with Crippen LogP contribution in [0.3, 0.4) is 0 Å². The molecule has 0 bridgehead atoms. The summed E-state index contributed by atoms with van der Waals surface area (Å²) < 4.78 is 16.7. The first-order chi connectivity index (χ1) is 17.5. The Morgan fingerprint density at radius 3 is 2.58 bits per heavy atom. The van der Waals surface area contributed by atoms with Gasteiger partial charge in [0, 0.05) is 17.3 Å². The molecule has 2 amide bonds. The number of nitrogens with zero attached hydrogens (tertiary/aromatic N) is 4. The summed E-state index contributed by atoms with van der Waals surface area (Å²) in [7, 11) is 0. The van der Waals surface area contributed by atoms with Crippen LogP contribution in [0.15, 0.2) is 72.8 Å². The molecule has 0 aliphatic heterocycles. The number of amides is 2. The fourth-order valence-corrected chi connectivity index (χ4v) is 4.90. The van der Waals surface area contributed by atoms with Crippen LogP contribution in [-0.4, -0.2) is 32.9 Å². The maximum Gasteiger partial charge on any atom is 0.249 e. The smallest absolute Gasteiger partial charge is 0.249 e. The average Bonchev–Trinajstić information content (AvgIpc) is 3.53. The van der Waals surface area contributed by atoms with Crippen molar-refractivity contribution in [3.63, 3.8) is 0 Å². The summed E-state index contributed by atoms with van der Waals surface area (Å²) in [4.78, 5) is 29.1. The molecule has 3 aromatic carbocycles. The van der Waals surface area contributed by atoms with Gasteiger partial charge < -0.3 is 5.32 Å². The minimum absolute atomic E-state index is 0.0143. The highest BCUT2D eigenvalue weighted by atomic mass is 19.1. The Morgan fingerprint density at radius 1 is 1.06 bits per heavy atom. The van der Waals surface area contributed by atoms with E-state index in [4.69, 9.17) is 0 Å². The number of fused-ring (bicyclic) bond motifs is 1. The second kappa shape index (κ2) is 10.3. The summed E-state index contributed by atoms with van der Waals surface area (Å²) in [6.45, 7) is 1.75. The lowest BCUT2D eigenvalue weighted by molar-refractivity contribution is -0.127. The number of nitrogens with one attached hydrogen (secondary N) is 1. The van der Waals surface area contributed by atoms with Gasteiger partial charge in [0.05, 0.1) is 5.52 Å². The molecule has 36 heavy (non-hydrogen) atoms. The second-order valence-corrected chi connectivity index (χ2v) is 9.25. The Hall–Kier alpha value is -4.07. The van der Waals surface area contributed by atoms with E-state index in [1.54, 1.807) is 24.3 Å². The molecule has 1 saturated carbocycles. The van der Waals surface area contributed by atoms with Crippen molar-refractivity contribution in [2.45, 2.75) is 51.2 Å². The molecular weight excluding hydrogens is 457 g/mol. The van der Waals surface area contributed by atoms with Crippen LogP contribution >= 0.6 is 0 Å². The standard InChI is InChI=1S/C28H28FN5O2/c1-19-9-8-12-21(17-19)34(26(35)18-33-25-16-7-6-15-24(25)31-32-33)27(22-13-4-5-14-23(22)29)28(36)30-20-10-2-3-11-20/h4-9,12-17,20,27H,2-3,10-11,18H2,1H3,(H,30,36)/t27-/m1/s1. The predicted molar refractivity (Wildman–Crippen MR) is 136 cm³/mol. The lowest BCUT2D eigenvalue weighted by atomic mass is 10.0. The third kappa shape index (κ3) is 4.84. The van der Waals surface area contributed by atoms with Crippen LogP contribution in [0.1, 0.15) is 42.9 Å². The number of rotatable bonds is 7. The van der Waals surface area contributed by atoms with Crippen molar-refractivity contribution in [2.75, 3.05) is 4.90 Å². The van der Waals surface area contributed by atoms with Gasteiger partial charge in [-0.15, -0.1) is 5.10 Å². The summed E-state index contributed by atoms with van der Waals surface area (Å²) in [6.07, 6.45) is 3.82. The monoisotopic (exact) mass is 485 g/mol. The fraction of sp³-hybridized carbons (Fsp3) is 0.286. The van der Waals surface area contributed by atoms with Gasteiger partial charge in [-0.1, -0.05) is 60.5 Å². The molecule has 1 aliphatic rings. The zero-order valence-electron chi connectivity index (χ0n) is 20.1. The van der Waals surface area contributed by atoms with E-state index in [0.717, 1.165) is 31.2 Å². The Balaban J connectivity index is 1.59. The van der Waals surface area contributed by atoms with Crippen LogP contribution in [0.25, 0.3) is 11.0 Å². The van der Waals surface area contributed by atoms with E-state index >= 15 is 4.39 Å². The first-order valence-electron chi connectivity index (χ1n) is 12.2. The molecule has 1 fully saturated rings. The quantitative estimate of drug-likeness (QED) is 0.411. The van der Waals surface area contributed by atoms with Gasteiger partial charge in [0.15, 0.2) is 0 Å². The van der Waals surface area contributed by atoms with Gasteiger partial charge in [-0.25, -0.2) is 9.07 Å². The van der Waals surface area contributed by atoms with Gasteiger partial charge >= 0.3 is 0 Å². The largest absolute Gasteiger partial charge is 0.351 e. The van der Waals surface area contributed by atoms with Crippen molar-refractivity contribution in [1.82, 2.24) is 20.3 Å². The lowest BCUT2D eigenvalue weighted by Crippen LogP contribution is -2.47. The van der Waals surface area contributed by atoms with Crippen LogP contribution in [0.5, 0.6) is 0 Å². The highest BCUT2D eigenvalue weighted by Crippen LogP contribution is 2.31. The molecule has 0 radical (unpaired) electrons. The number of para-hydroxylation sites is 1. The number of carbonyl (C=O) groups excluding carboxylic acids is 2. The maximum atomic E-state index is 15.2. The molecule has 1 heterocycles. The highest BCUT2D eigenvalue weighted by molar-refractivity contribution is 6.01. The highest BCUT2D eigenvalue weighted by Gasteiger charge is 2.36. The Kier molecular flexibility index (Phi) is 6.75. The Morgan fingerprint density at radius 2 is 1.81 bits per heavy atom. The average molecular weight is 486 g/mol. The number of aryl methyl sites for hydroxylation is 1. The molecule has 8 heteroatoms. The fourth-order valence-electron chi connectivity index (χ4n) is 4.90. The predicted octanol–water partition coefficient (Wildman–Crippen LogP) is 4.71.